The Kier molecular flexibility index (Phi) is 3.46. The van der Waals surface area contributed by atoms with Crippen LogP contribution in [0.15, 0.2) is 18.2 Å². The SMILES string of the molecule is COc1ccc(C(O)C2(CN)CC3CCC2C3)cc1F. The van der Waals surface area contributed by atoms with E-state index in [-0.39, 0.29) is 11.2 Å². The van der Waals surface area contributed by atoms with Gasteiger partial charge in [0, 0.05) is 12.0 Å². The van der Waals surface area contributed by atoms with Crippen molar-refractivity contribution < 1.29 is 14.2 Å². The number of fused-ring (bicyclic) bond motifs is 2. The van der Waals surface area contributed by atoms with Gasteiger partial charge in [-0.25, -0.2) is 4.39 Å². The smallest absolute Gasteiger partial charge is 0.165 e. The largest absolute Gasteiger partial charge is 0.494 e. The second-order valence-corrected chi connectivity index (χ2v) is 6.31. The topological polar surface area (TPSA) is 55.5 Å². The number of hydrogen-bond donors (Lipinski definition) is 2. The van der Waals surface area contributed by atoms with Crippen LogP contribution >= 0.6 is 0 Å². The first-order valence-corrected chi connectivity index (χ1v) is 7.32. The molecule has 0 amide bonds. The van der Waals surface area contributed by atoms with Crippen LogP contribution in [0.3, 0.4) is 0 Å². The van der Waals surface area contributed by atoms with Crippen molar-refractivity contribution in [2.24, 2.45) is 23.0 Å². The maximum atomic E-state index is 13.8. The lowest BCUT2D eigenvalue weighted by atomic mass is 9.67. The van der Waals surface area contributed by atoms with Gasteiger partial charge < -0.3 is 15.6 Å². The number of aliphatic hydroxyl groups excluding tert-OH is 1. The highest BCUT2D eigenvalue weighted by Gasteiger charge is 2.54. The number of benzene rings is 1. The maximum Gasteiger partial charge on any atom is 0.165 e. The molecule has 4 atom stereocenters. The summed E-state index contributed by atoms with van der Waals surface area (Å²) in [7, 11) is 1.44. The molecule has 2 fully saturated rings. The molecule has 4 unspecified atom stereocenters. The van der Waals surface area contributed by atoms with Gasteiger partial charge in [0.1, 0.15) is 0 Å². The monoisotopic (exact) mass is 279 g/mol. The summed E-state index contributed by atoms with van der Waals surface area (Å²) in [4.78, 5) is 0. The number of rotatable bonds is 4. The lowest BCUT2D eigenvalue weighted by molar-refractivity contribution is -0.0132. The van der Waals surface area contributed by atoms with E-state index >= 15 is 0 Å². The van der Waals surface area contributed by atoms with Crippen molar-refractivity contribution in [2.75, 3.05) is 13.7 Å². The van der Waals surface area contributed by atoms with Gasteiger partial charge >= 0.3 is 0 Å². The molecule has 4 heteroatoms. The van der Waals surface area contributed by atoms with E-state index in [2.05, 4.69) is 0 Å². The zero-order valence-electron chi connectivity index (χ0n) is 11.8. The van der Waals surface area contributed by atoms with Gasteiger partial charge in [0.05, 0.1) is 13.2 Å². The van der Waals surface area contributed by atoms with E-state index < -0.39 is 11.9 Å². The fourth-order valence-corrected chi connectivity index (χ4v) is 4.37. The van der Waals surface area contributed by atoms with Gasteiger partial charge in [-0.05, 0) is 48.8 Å². The van der Waals surface area contributed by atoms with Crippen LogP contribution in [0.25, 0.3) is 0 Å². The molecular weight excluding hydrogens is 257 g/mol. The first-order valence-electron chi connectivity index (χ1n) is 7.32. The van der Waals surface area contributed by atoms with E-state index in [0.717, 1.165) is 19.3 Å². The third-order valence-electron chi connectivity index (χ3n) is 5.44. The molecule has 0 aromatic heterocycles. The normalized spacial score (nSPS) is 33.4. The van der Waals surface area contributed by atoms with Crippen molar-refractivity contribution in [3.8, 4) is 5.75 Å². The molecule has 2 saturated carbocycles. The fourth-order valence-electron chi connectivity index (χ4n) is 4.37. The van der Waals surface area contributed by atoms with Crippen LogP contribution in [0.1, 0.15) is 37.4 Å². The third-order valence-corrected chi connectivity index (χ3v) is 5.44. The Morgan fingerprint density at radius 1 is 1.50 bits per heavy atom. The molecule has 3 N–H and O–H groups in total. The Morgan fingerprint density at radius 2 is 2.30 bits per heavy atom. The van der Waals surface area contributed by atoms with Gasteiger partial charge in [-0.15, -0.1) is 0 Å². The highest BCUT2D eigenvalue weighted by atomic mass is 19.1. The Morgan fingerprint density at radius 3 is 2.80 bits per heavy atom. The van der Waals surface area contributed by atoms with Crippen LogP contribution in [0.5, 0.6) is 5.75 Å². The zero-order valence-corrected chi connectivity index (χ0v) is 11.8. The van der Waals surface area contributed by atoms with Crippen molar-refractivity contribution in [3.05, 3.63) is 29.6 Å². The van der Waals surface area contributed by atoms with Gasteiger partial charge in [0.25, 0.3) is 0 Å². The summed E-state index contributed by atoms with van der Waals surface area (Å²) < 4.78 is 18.8. The summed E-state index contributed by atoms with van der Waals surface area (Å²) in [5, 5.41) is 10.8. The summed E-state index contributed by atoms with van der Waals surface area (Å²) in [5.41, 5.74) is 6.35. The third kappa shape index (κ3) is 1.93. The fraction of sp³-hybridized carbons (Fsp3) is 0.625. The van der Waals surface area contributed by atoms with Crippen LogP contribution < -0.4 is 10.5 Å². The van der Waals surface area contributed by atoms with Gasteiger partial charge in [0.15, 0.2) is 11.6 Å². The van der Waals surface area contributed by atoms with Crippen molar-refractivity contribution >= 4 is 0 Å². The molecular formula is C16H22FNO2. The zero-order chi connectivity index (χ0) is 14.3. The van der Waals surface area contributed by atoms with E-state index in [4.69, 9.17) is 10.5 Å². The second-order valence-electron chi connectivity index (χ2n) is 6.31. The van der Waals surface area contributed by atoms with E-state index in [9.17, 15) is 9.50 Å². The molecule has 1 aromatic carbocycles. The molecule has 3 nitrogen and oxygen atoms in total. The highest BCUT2D eigenvalue weighted by molar-refractivity contribution is 5.32. The Hall–Kier alpha value is -1.13. The average Bonchev–Trinajstić information content (AvgIpc) is 3.07. The molecule has 0 heterocycles. The Balaban J connectivity index is 1.91. The van der Waals surface area contributed by atoms with Gasteiger partial charge in [-0.3, -0.25) is 0 Å². The standard InChI is InChI=1S/C16H22FNO2/c1-20-14-5-3-11(7-13(14)17)15(19)16(9-18)8-10-2-4-12(16)6-10/h3,5,7,10,12,15,19H,2,4,6,8-9,18H2,1H3. The van der Waals surface area contributed by atoms with Crippen LogP contribution in [0, 0.1) is 23.1 Å². The molecule has 20 heavy (non-hydrogen) atoms. The molecule has 3 rings (SSSR count). The summed E-state index contributed by atoms with van der Waals surface area (Å²) in [6.07, 6.45) is 3.81. The average molecular weight is 279 g/mol. The molecule has 0 saturated heterocycles. The number of hydrogen-bond acceptors (Lipinski definition) is 3. The minimum Gasteiger partial charge on any atom is -0.494 e. The van der Waals surface area contributed by atoms with Crippen molar-refractivity contribution in [1.82, 2.24) is 0 Å². The summed E-state index contributed by atoms with van der Waals surface area (Å²) in [5.74, 6) is 0.925. The summed E-state index contributed by atoms with van der Waals surface area (Å²) in [6.45, 7) is 0.461. The molecule has 2 aliphatic carbocycles. The highest BCUT2D eigenvalue weighted by Crippen LogP contribution is 2.60. The molecule has 1 aromatic rings. The minimum absolute atomic E-state index is 0.204. The van der Waals surface area contributed by atoms with E-state index in [1.165, 1.54) is 19.6 Å². The van der Waals surface area contributed by atoms with E-state index in [0.29, 0.717) is 23.9 Å². The van der Waals surface area contributed by atoms with Crippen molar-refractivity contribution in [1.29, 1.82) is 0 Å². The minimum atomic E-state index is -0.691. The summed E-state index contributed by atoms with van der Waals surface area (Å²) in [6, 6.07) is 4.70. The molecule has 2 aliphatic rings. The number of nitrogens with two attached hydrogens (primary N) is 1. The first kappa shape index (κ1) is 13.8. The van der Waals surface area contributed by atoms with Crippen LogP contribution in [-0.4, -0.2) is 18.8 Å². The molecule has 2 bridgehead atoms. The number of ether oxygens (including phenoxy) is 1. The lowest BCUT2D eigenvalue weighted by Crippen LogP contribution is -2.41. The van der Waals surface area contributed by atoms with Crippen molar-refractivity contribution in [3.63, 3.8) is 0 Å². The predicted molar refractivity (Wildman–Crippen MR) is 74.8 cm³/mol. The Bertz CT molecular complexity index is 507. The van der Waals surface area contributed by atoms with Gasteiger partial charge in [-0.2, -0.15) is 0 Å². The molecule has 110 valence electrons. The van der Waals surface area contributed by atoms with Gasteiger partial charge in [0.2, 0.25) is 0 Å². The summed E-state index contributed by atoms with van der Waals surface area (Å²) >= 11 is 0. The van der Waals surface area contributed by atoms with Gasteiger partial charge in [-0.1, -0.05) is 12.5 Å². The predicted octanol–water partition coefficient (Wildman–Crippen LogP) is 2.63. The second kappa shape index (κ2) is 5.01. The van der Waals surface area contributed by atoms with Crippen LogP contribution in [0.4, 0.5) is 4.39 Å². The first-order chi connectivity index (χ1) is 9.60. The lowest BCUT2D eigenvalue weighted by Gasteiger charge is -2.41. The quantitative estimate of drug-likeness (QED) is 0.891. The van der Waals surface area contributed by atoms with E-state index in [1.807, 2.05) is 0 Å². The number of aliphatic hydroxyl groups is 1. The Labute approximate surface area is 118 Å². The number of halogens is 1. The van der Waals surface area contributed by atoms with E-state index in [1.54, 1.807) is 12.1 Å². The van der Waals surface area contributed by atoms with Crippen LogP contribution in [-0.2, 0) is 0 Å². The molecule has 0 aliphatic heterocycles. The molecule has 0 radical (unpaired) electrons. The van der Waals surface area contributed by atoms with Crippen LogP contribution in [0.2, 0.25) is 0 Å². The van der Waals surface area contributed by atoms with Crippen molar-refractivity contribution in [2.45, 2.75) is 31.8 Å². The maximum absolute atomic E-state index is 13.8. The number of methoxy groups -OCH3 is 1. The molecule has 0 spiro atoms.